The molecule has 0 atom stereocenters. The van der Waals surface area contributed by atoms with Gasteiger partial charge in [-0.1, -0.05) is 11.6 Å². The summed E-state index contributed by atoms with van der Waals surface area (Å²) in [5, 5.41) is 18.7. The Kier molecular flexibility index (Phi) is 2.70. The van der Waals surface area contributed by atoms with Crippen LogP contribution in [-0.4, -0.2) is 42.9 Å². The molecule has 0 saturated heterocycles. The van der Waals surface area contributed by atoms with Crippen LogP contribution in [0.5, 0.6) is 0 Å². The number of aliphatic hydroxyl groups is 2. The fourth-order valence-corrected chi connectivity index (χ4v) is 2.25. The maximum Gasteiger partial charge on any atom is 0.223 e. The molecule has 4 N–H and O–H groups in total. The molecule has 19 heavy (non-hydrogen) atoms. The molecule has 3 rings (SSSR count). The maximum absolute atomic E-state index is 9.26. The highest BCUT2D eigenvalue weighted by molar-refractivity contribution is 6.33. The molecule has 100 valence electrons. The van der Waals surface area contributed by atoms with Crippen LogP contribution in [0.25, 0.3) is 17.4 Å². The highest BCUT2D eigenvalue weighted by Gasteiger charge is 2.48. The second-order valence-corrected chi connectivity index (χ2v) is 4.98. The van der Waals surface area contributed by atoms with E-state index in [1.807, 2.05) is 0 Å². The Morgan fingerprint density at radius 3 is 2.79 bits per heavy atom. The van der Waals surface area contributed by atoms with Crippen LogP contribution >= 0.6 is 11.6 Å². The number of aromatic nitrogens is 4. The first-order valence-electron chi connectivity index (χ1n) is 5.68. The van der Waals surface area contributed by atoms with Gasteiger partial charge in [0, 0.05) is 11.6 Å². The topological polar surface area (TPSA) is 110 Å². The van der Waals surface area contributed by atoms with Crippen molar-refractivity contribution in [1.29, 1.82) is 0 Å². The number of fused-ring (bicyclic) bond motifs is 1. The molecule has 0 aliphatic heterocycles. The highest BCUT2D eigenvalue weighted by Crippen LogP contribution is 2.51. The summed E-state index contributed by atoms with van der Waals surface area (Å²) in [5.74, 6) is 0.0732. The lowest BCUT2D eigenvalue weighted by Crippen LogP contribution is -2.12. The van der Waals surface area contributed by atoms with Gasteiger partial charge in [-0.2, -0.15) is 9.97 Å². The zero-order valence-electron chi connectivity index (χ0n) is 9.91. The highest BCUT2D eigenvalue weighted by atomic mass is 35.5. The molecule has 7 nitrogen and oxygen atoms in total. The minimum absolute atomic E-state index is 0.0732. The minimum Gasteiger partial charge on any atom is -0.395 e. The van der Waals surface area contributed by atoms with Crippen LogP contribution < -0.4 is 5.73 Å². The van der Waals surface area contributed by atoms with E-state index in [0.717, 1.165) is 5.57 Å². The number of hydrogen-bond donors (Lipinski definition) is 3. The van der Waals surface area contributed by atoms with E-state index in [4.69, 9.17) is 17.3 Å². The summed E-state index contributed by atoms with van der Waals surface area (Å²) in [6.45, 7) is -0.167. The number of nitrogen functional groups attached to an aromatic ring is 1. The fraction of sp³-hybridized carbons (Fsp3) is 0.364. The monoisotopic (exact) mass is 281 g/mol. The maximum atomic E-state index is 9.26. The molecule has 0 aromatic carbocycles. The number of nitrogens with two attached hydrogens (primary N) is 1. The van der Waals surface area contributed by atoms with Crippen molar-refractivity contribution in [1.82, 2.24) is 19.5 Å². The molecule has 1 aliphatic carbocycles. The van der Waals surface area contributed by atoms with Crippen molar-refractivity contribution < 1.29 is 10.2 Å². The predicted octanol–water partition coefficient (Wildman–Crippen LogP) is 0.277. The Morgan fingerprint density at radius 2 is 2.16 bits per heavy atom. The van der Waals surface area contributed by atoms with Gasteiger partial charge in [0.1, 0.15) is 11.8 Å². The molecule has 0 amide bonds. The van der Waals surface area contributed by atoms with Gasteiger partial charge in [-0.25, -0.2) is 4.98 Å². The van der Waals surface area contributed by atoms with Crippen LogP contribution in [0.3, 0.4) is 0 Å². The van der Waals surface area contributed by atoms with E-state index in [1.165, 1.54) is 0 Å². The van der Waals surface area contributed by atoms with Gasteiger partial charge in [-0.15, -0.1) is 0 Å². The molecule has 2 aromatic heterocycles. The van der Waals surface area contributed by atoms with Crippen molar-refractivity contribution in [3.63, 3.8) is 0 Å². The Labute approximate surface area is 113 Å². The van der Waals surface area contributed by atoms with Crippen LogP contribution in [0.4, 0.5) is 5.95 Å². The largest absolute Gasteiger partial charge is 0.395 e. The molecule has 0 unspecified atom stereocenters. The van der Waals surface area contributed by atoms with E-state index in [2.05, 4.69) is 15.0 Å². The third-order valence-electron chi connectivity index (χ3n) is 3.38. The first-order chi connectivity index (χ1) is 9.09. The third-order valence-corrected chi connectivity index (χ3v) is 3.64. The molecule has 1 fully saturated rings. The normalized spacial score (nSPS) is 19.2. The number of imidazole rings is 1. The van der Waals surface area contributed by atoms with Gasteiger partial charge in [0.2, 0.25) is 5.95 Å². The lowest BCUT2D eigenvalue weighted by Gasteiger charge is -2.05. The lowest BCUT2D eigenvalue weighted by molar-refractivity contribution is 0.143. The summed E-state index contributed by atoms with van der Waals surface area (Å²) < 4.78 is 1.67. The van der Waals surface area contributed by atoms with Crippen LogP contribution in [0.2, 0.25) is 5.15 Å². The van der Waals surface area contributed by atoms with Crippen molar-refractivity contribution >= 4 is 34.9 Å². The molecule has 1 aliphatic rings. The van der Waals surface area contributed by atoms with Gasteiger partial charge in [-0.3, -0.25) is 4.57 Å². The number of nitrogens with zero attached hydrogens (tertiary/aromatic N) is 4. The number of halogens is 1. The Morgan fingerprint density at radius 1 is 1.42 bits per heavy atom. The quantitative estimate of drug-likeness (QED) is 0.697. The summed E-state index contributed by atoms with van der Waals surface area (Å²) in [4.78, 5) is 12.0. The molecule has 0 spiro atoms. The summed E-state index contributed by atoms with van der Waals surface area (Å²) in [5.41, 5.74) is 6.94. The Hall–Kier alpha value is -1.70. The molecule has 2 aromatic rings. The van der Waals surface area contributed by atoms with Crippen LogP contribution in [-0.2, 0) is 0 Å². The molecule has 8 heteroatoms. The summed E-state index contributed by atoms with van der Waals surface area (Å²) in [7, 11) is 0. The molecule has 1 saturated carbocycles. The van der Waals surface area contributed by atoms with E-state index in [0.29, 0.717) is 17.6 Å². The smallest absolute Gasteiger partial charge is 0.223 e. The van der Waals surface area contributed by atoms with E-state index < -0.39 is 5.41 Å². The van der Waals surface area contributed by atoms with Crippen molar-refractivity contribution in [2.75, 3.05) is 18.9 Å². The zero-order valence-corrected chi connectivity index (χ0v) is 10.7. The van der Waals surface area contributed by atoms with Gasteiger partial charge < -0.3 is 15.9 Å². The lowest BCUT2D eigenvalue weighted by atomic mass is 10.1. The molecule has 0 radical (unpaired) electrons. The first-order valence-corrected chi connectivity index (χ1v) is 6.06. The third kappa shape index (κ3) is 1.86. The zero-order chi connectivity index (χ0) is 13.6. The minimum atomic E-state index is -0.515. The molecule has 2 heterocycles. The van der Waals surface area contributed by atoms with Crippen LogP contribution in [0.1, 0.15) is 6.42 Å². The number of hydrogen-bond acceptors (Lipinski definition) is 6. The van der Waals surface area contributed by atoms with Crippen LogP contribution in [0.15, 0.2) is 11.9 Å². The average molecular weight is 282 g/mol. The Balaban J connectivity index is 2.06. The second-order valence-electron chi connectivity index (χ2n) is 4.62. The van der Waals surface area contributed by atoms with Gasteiger partial charge in [0.05, 0.1) is 13.2 Å². The number of aliphatic hydroxyl groups excluding tert-OH is 2. The van der Waals surface area contributed by atoms with Crippen molar-refractivity contribution in [3.05, 3.63) is 17.1 Å². The van der Waals surface area contributed by atoms with Gasteiger partial charge in [-0.05, 0) is 12.0 Å². The standard InChI is InChI=1S/C11H12ClN5O2/c12-8-7-9(16-10(13)15-8)17(5-14-7)2-6-1-11(6,3-18)4-19/h2,5,18-19H,1,3-4H2,(H2,13,15,16)/b6-2-. The fourth-order valence-electron chi connectivity index (χ4n) is 2.03. The van der Waals surface area contributed by atoms with Crippen LogP contribution in [0, 0.1) is 5.41 Å². The summed E-state index contributed by atoms with van der Waals surface area (Å²) >= 11 is 5.93. The second kappa shape index (κ2) is 4.16. The summed E-state index contributed by atoms with van der Waals surface area (Å²) in [6.07, 6.45) is 3.98. The van der Waals surface area contributed by atoms with Gasteiger partial charge >= 0.3 is 0 Å². The van der Waals surface area contributed by atoms with Gasteiger partial charge in [0.15, 0.2) is 10.8 Å². The van der Waals surface area contributed by atoms with Crippen molar-refractivity contribution in [3.8, 4) is 0 Å². The molecule has 0 bridgehead atoms. The summed E-state index contributed by atoms with van der Waals surface area (Å²) in [6, 6.07) is 0. The van der Waals surface area contributed by atoms with E-state index in [-0.39, 0.29) is 24.3 Å². The van der Waals surface area contributed by atoms with Crippen molar-refractivity contribution in [2.45, 2.75) is 6.42 Å². The number of rotatable bonds is 3. The van der Waals surface area contributed by atoms with E-state index in [1.54, 1.807) is 17.1 Å². The molecular weight excluding hydrogens is 270 g/mol. The van der Waals surface area contributed by atoms with Gasteiger partial charge in [0.25, 0.3) is 0 Å². The predicted molar refractivity (Wildman–Crippen MR) is 70.2 cm³/mol. The van der Waals surface area contributed by atoms with E-state index >= 15 is 0 Å². The number of anilines is 1. The average Bonchev–Trinajstić information content (AvgIpc) is 2.94. The first kappa shape index (κ1) is 12.3. The molecular formula is C11H12ClN5O2. The van der Waals surface area contributed by atoms with E-state index in [9.17, 15) is 10.2 Å². The Bertz CT molecular complexity index is 677. The van der Waals surface area contributed by atoms with Crippen molar-refractivity contribution in [2.24, 2.45) is 5.41 Å². The SMILES string of the molecule is Nc1nc(Cl)c2ncn(/C=C3/CC3(CO)CO)c2n1.